The highest BCUT2D eigenvalue weighted by Crippen LogP contribution is 2.29. The van der Waals surface area contributed by atoms with Crippen molar-refractivity contribution < 1.29 is 14.3 Å². The van der Waals surface area contributed by atoms with Gasteiger partial charge in [-0.15, -0.1) is 11.3 Å². The summed E-state index contributed by atoms with van der Waals surface area (Å²) in [5.41, 5.74) is 1.06. The van der Waals surface area contributed by atoms with Crippen LogP contribution in [-0.4, -0.2) is 67.5 Å². The van der Waals surface area contributed by atoms with E-state index in [1.807, 2.05) is 40.6 Å². The number of carbonyl (C=O) groups excluding carboxylic acids is 2. The second kappa shape index (κ2) is 8.22. The molecule has 1 atom stereocenters. The Hall–Kier alpha value is -2.54. The van der Waals surface area contributed by atoms with Crippen LogP contribution in [0.5, 0.6) is 5.75 Å². The van der Waals surface area contributed by atoms with Crippen molar-refractivity contribution in [1.29, 1.82) is 0 Å². The van der Waals surface area contributed by atoms with Crippen LogP contribution >= 0.6 is 11.3 Å². The zero-order valence-corrected chi connectivity index (χ0v) is 16.9. The quantitative estimate of drug-likeness (QED) is 0.793. The number of methoxy groups -OCH3 is 1. The molecule has 0 aliphatic carbocycles. The van der Waals surface area contributed by atoms with Crippen LogP contribution in [0.3, 0.4) is 0 Å². The van der Waals surface area contributed by atoms with Crippen molar-refractivity contribution in [3.63, 3.8) is 0 Å². The van der Waals surface area contributed by atoms with Crippen LogP contribution in [-0.2, 0) is 4.79 Å². The molecule has 2 aliphatic heterocycles. The van der Waals surface area contributed by atoms with Gasteiger partial charge in [-0.25, -0.2) is 0 Å². The minimum Gasteiger partial charge on any atom is -0.495 e. The van der Waals surface area contributed by atoms with Gasteiger partial charge in [0.1, 0.15) is 11.8 Å². The van der Waals surface area contributed by atoms with E-state index in [9.17, 15) is 9.59 Å². The van der Waals surface area contributed by atoms with Gasteiger partial charge in [0.2, 0.25) is 5.91 Å². The molecule has 148 valence electrons. The molecule has 0 spiro atoms. The van der Waals surface area contributed by atoms with Crippen molar-refractivity contribution in [3.05, 3.63) is 46.7 Å². The molecular formula is C21H25N3O3S. The molecule has 2 aliphatic rings. The Balaban J connectivity index is 1.40. The maximum Gasteiger partial charge on any atom is 0.264 e. The van der Waals surface area contributed by atoms with Crippen molar-refractivity contribution in [3.8, 4) is 5.75 Å². The lowest BCUT2D eigenvalue weighted by molar-refractivity contribution is -0.135. The molecule has 28 heavy (non-hydrogen) atoms. The lowest BCUT2D eigenvalue weighted by Gasteiger charge is -2.38. The fraction of sp³-hybridized carbons (Fsp3) is 0.429. The summed E-state index contributed by atoms with van der Waals surface area (Å²) in [6.07, 6.45) is 1.64. The molecule has 3 heterocycles. The third-order valence-electron chi connectivity index (χ3n) is 5.55. The summed E-state index contributed by atoms with van der Waals surface area (Å²) in [4.78, 5) is 32.5. The van der Waals surface area contributed by atoms with Gasteiger partial charge in [-0.2, -0.15) is 0 Å². The van der Waals surface area contributed by atoms with Crippen molar-refractivity contribution >= 4 is 28.8 Å². The second-order valence-electron chi connectivity index (χ2n) is 7.12. The highest BCUT2D eigenvalue weighted by atomic mass is 32.1. The monoisotopic (exact) mass is 399 g/mol. The molecule has 0 unspecified atom stereocenters. The van der Waals surface area contributed by atoms with Crippen molar-refractivity contribution in [2.45, 2.75) is 18.9 Å². The molecule has 2 fully saturated rings. The summed E-state index contributed by atoms with van der Waals surface area (Å²) in [7, 11) is 1.68. The number of hydrogen-bond acceptors (Lipinski definition) is 5. The normalized spacial score (nSPS) is 19.8. The molecule has 6 nitrogen and oxygen atoms in total. The number of piperazine rings is 1. The fourth-order valence-electron chi connectivity index (χ4n) is 4.08. The van der Waals surface area contributed by atoms with Gasteiger partial charge >= 0.3 is 0 Å². The smallest absolute Gasteiger partial charge is 0.264 e. The number of carbonyl (C=O) groups is 2. The number of hydrogen-bond donors (Lipinski definition) is 0. The van der Waals surface area contributed by atoms with Gasteiger partial charge < -0.3 is 19.4 Å². The Morgan fingerprint density at radius 3 is 2.54 bits per heavy atom. The third-order valence-corrected chi connectivity index (χ3v) is 6.41. The lowest BCUT2D eigenvalue weighted by Crippen LogP contribution is -2.54. The minimum atomic E-state index is -0.326. The SMILES string of the molecule is COc1ccccc1N1CCN(C(=O)[C@@H]2CCCN2C(=O)c2cccs2)CC1. The molecule has 0 N–H and O–H groups in total. The molecule has 0 radical (unpaired) electrons. The number of thiophene rings is 1. The number of anilines is 1. The van der Waals surface area contributed by atoms with E-state index in [2.05, 4.69) is 11.0 Å². The van der Waals surface area contributed by atoms with Gasteiger partial charge in [-0.1, -0.05) is 18.2 Å². The number of benzene rings is 1. The first-order valence-corrected chi connectivity index (χ1v) is 10.6. The molecule has 1 aromatic heterocycles. The van der Waals surface area contributed by atoms with Crippen LogP contribution in [0.4, 0.5) is 5.69 Å². The third kappa shape index (κ3) is 3.58. The van der Waals surface area contributed by atoms with E-state index in [0.29, 0.717) is 24.5 Å². The zero-order chi connectivity index (χ0) is 19.5. The first-order valence-electron chi connectivity index (χ1n) is 9.70. The molecule has 4 rings (SSSR count). The van der Waals surface area contributed by atoms with E-state index in [-0.39, 0.29) is 17.9 Å². The van der Waals surface area contributed by atoms with E-state index >= 15 is 0 Å². The Kier molecular flexibility index (Phi) is 5.52. The Bertz CT molecular complexity index is 831. The standard InChI is InChI=1S/C21H25N3O3S/c1-27-18-8-3-2-6-16(18)22-11-13-23(14-12-22)20(25)17-7-4-10-24(17)21(26)19-9-5-15-28-19/h2-3,5-6,8-9,15,17H,4,7,10-14H2,1H3/t17-/m0/s1. The van der Waals surface area contributed by atoms with Crippen LogP contribution in [0.25, 0.3) is 0 Å². The van der Waals surface area contributed by atoms with E-state index in [1.54, 1.807) is 12.0 Å². The molecule has 2 saturated heterocycles. The molecule has 0 saturated carbocycles. The van der Waals surface area contributed by atoms with Gasteiger partial charge in [-0.05, 0) is 36.4 Å². The summed E-state index contributed by atoms with van der Waals surface area (Å²) in [5, 5.41) is 1.90. The molecular weight excluding hydrogens is 374 g/mol. The maximum absolute atomic E-state index is 13.1. The average Bonchev–Trinajstić information content (AvgIpc) is 3.45. The van der Waals surface area contributed by atoms with Crippen molar-refractivity contribution in [2.24, 2.45) is 0 Å². The van der Waals surface area contributed by atoms with Crippen LogP contribution in [0.15, 0.2) is 41.8 Å². The fourth-order valence-corrected chi connectivity index (χ4v) is 4.76. The first-order chi connectivity index (χ1) is 13.7. The number of rotatable bonds is 4. The average molecular weight is 400 g/mol. The van der Waals surface area contributed by atoms with Crippen LogP contribution < -0.4 is 9.64 Å². The summed E-state index contributed by atoms with van der Waals surface area (Å²) in [6, 6.07) is 11.4. The minimum absolute atomic E-state index is 0.0153. The first kappa shape index (κ1) is 18.8. The van der Waals surface area contributed by atoms with Gasteiger partial charge in [0.05, 0.1) is 17.7 Å². The van der Waals surface area contributed by atoms with E-state index < -0.39 is 0 Å². The zero-order valence-electron chi connectivity index (χ0n) is 16.0. The van der Waals surface area contributed by atoms with Gasteiger partial charge in [0.15, 0.2) is 0 Å². The summed E-state index contributed by atoms with van der Waals surface area (Å²) in [6.45, 7) is 3.51. The van der Waals surface area contributed by atoms with Crippen LogP contribution in [0, 0.1) is 0 Å². The molecule has 2 aromatic rings. The largest absolute Gasteiger partial charge is 0.495 e. The summed E-state index contributed by atoms with van der Waals surface area (Å²) < 4.78 is 5.46. The molecule has 2 amide bonds. The topological polar surface area (TPSA) is 53.1 Å². The number of likely N-dealkylation sites (tertiary alicyclic amines) is 1. The van der Waals surface area contributed by atoms with E-state index in [1.165, 1.54) is 11.3 Å². The summed E-state index contributed by atoms with van der Waals surface area (Å²) >= 11 is 1.43. The summed E-state index contributed by atoms with van der Waals surface area (Å²) in [5.74, 6) is 0.923. The number of nitrogens with zero attached hydrogens (tertiary/aromatic N) is 3. The Morgan fingerprint density at radius 1 is 1.04 bits per heavy atom. The molecule has 0 bridgehead atoms. The highest BCUT2D eigenvalue weighted by molar-refractivity contribution is 7.12. The second-order valence-corrected chi connectivity index (χ2v) is 8.07. The Labute approximate surface area is 169 Å². The molecule has 7 heteroatoms. The van der Waals surface area contributed by atoms with Gasteiger partial charge in [-0.3, -0.25) is 9.59 Å². The predicted molar refractivity (Wildman–Crippen MR) is 110 cm³/mol. The van der Waals surface area contributed by atoms with Crippen LogP contribution in [0.1, 0.15) is 22.5 Å². The number of para-hydroxylation sites is 2. The van der Waals surface area contributed by atoms with E-state index in [0.717, 1.165) is 37.4 Å². The van der Waals surface area contributed by atoms with Crippen molar-refractivity contribution in [1.82, 2.24) is 9.80 Å². The Morgan fingerprint density at radius 2 is 1.82 bits per heavy atom. The molecule has 1 aromatic carbocycles. The predicted octanol–water partition coefficient (Wildman–Crippen LogP) is 2.71. The number of ether oxygens (including phenoxy) is 1. The van der Waals surface area contributed by atoms with Gasteiger partial charge in [0, 0.05) is 32.7 Å². The number of amides is 2. The van der Waals surface area contributed by atoms with Crippen molar-refractivity contribution in [2.75, 3.05) is 44.7 Å². The lowest BCUT2D eigenvalue weighted by atomic mass is 10.1. The maximum atomic E-state index is 13.1. The van der Waals surface area contributed by atoms with Gasteiger partial charge in [0.25, 0.3) is 5.91 Å². The van der Waals surface area contributed by atoms with E-state index in [4.69, 9.17) is 4.74 Å². The van der Waals surface area contributed by atoms with Crippen LogP contribution in [0.2, 0.25) is 0 Å². The highest BCUT2D eigenvalue weighted by Gasteiger charge is 2.38.